The molecule has 1 N–H and O–H groups in total. The maximum Gasteiger partial charge on any atom is 0.244 e. The van der Waals surface area contributed by atoms with Crippen LogP contribution < -0.4 is 9.62 Å². The molecule has 1 atom stereocenters. The quantitative estimate of drug-likeness (QED) is 0.436. The first-order chi connectivity index (χ1) is 16.5. The van der Waals surface area contributed by atoms with Crippen LogP contribution in [0.5, 0.6) is 0 Å². The lowest BCUT2D eigenvalue weighted by molar-refractivity contribution is -0.139. The van der Waals surface area contributed by atoms with Crippen LogP contribution in [0, 0.1) is 0 Å². The Kier molecular flexibility index (Phi) is 9.48. The second-order valence-electron chi connectivity index (χ2n) is 8.66. The lowest BCUT2D eigenvalue weighted by atomic mass is 10.1. The summed E-state index contributed by atoms with van der Waals surface area (Å²) in [4.78, 5) is 28.1. The van der Waals surface area contributed by atoms with Crippen molar-refractivity contribution in [3.63, 3.8) is 0 Å². The Bertz CT molecular complexity index is 1190. The molecule has 190 valence electrons. The minimum Gasteiger partial charge on any atom is -0.352 e. The molecule has 35 heavy (non-hydrogen) atoms. The Morgan fingerprint density at radius 1 is 1.14 bits per heavy atom. The summed E-state index contributed by atoms with van der Waals surface area (Å²) in [6.45, 7) is 1.24. The molecule has 1 aliphatic rings. The number of carbonyl (C=O) groups excluding carboxylic acids is 2. The number of benzene rings is 2. The lowest BCUT2D eigenvalue weighted by Crippen LogP contribution is -2.52. The third kappa shape index (κ3) is 7.35. The van der Waals surface area contributed by atoms with Crippen LogP contribution in [0.25, 0.3) is 0 Å². The summed E-state index contributed by atoms with van der Waals surface area (Å²) in [6.07, 6.45) is 4.93. The van der Waals surface area contributed by atoms with Gasteiger partial charge in [0.25, 0.3) is 0 Å². The maximum absolute atomic E-state index is 13.6. The number of carbonyl (C=O) groups is 2. The summed E-state index contributed by atoms with van der Waals surface area (Å²) in [5.41, 5.74) is 0.889. The molecule has 2 aromatic carbocycles. The van der Waals surface area contributed by atoms with Crippen LogP contribution in [-0.2, 0) is 26.2 Å². The highest BCUT2D eigenvalue weighted by molar-refractivity contribution is 9.10. The van der Waals surface area contributed by atoms with Crippen molar-refractivity contribution in [1.82, 2.24) is 10.2 Å². The van der Waals surface area contributed by atoms with Crippen LogP contribution in [0.1, 0.15) is 38.2 Å². The zero-order valence-corrected chi connectivity index (χ0v) is 23.4. The number of hydrogen-bond donors (Lipinski definition) is 1. The molecule has 2 amide bonds. The average molecular weight is 605 g/mol. The summed E-state index contributed by atoms with van der Waals surface area (Å²) >= 11 is 15.8. The molecule has 0 radical (unpaired) electrons. The predicted octanol–water partition coefficient (Wildman–Crippen LogP) is 5.00. The van der Waals surface area contributed by atoms with Gasteiger partial charge in [-0.2, -0.15) is 0 Å². The average Bonchev–Trinajstić information content (AvgIpc) is 3.29. The zero-order valence-electron chi connectivity index (χ0n) is 19.5. The van der Waals surface area contributed by atoms with E-state index in [2.05, 4.69) is 21.2 Å². The second kappa shape index (κ2) is 12.0. The van der Waals surface area contributed by atoms with Crippen LogP contribution in [0.15, 0.2) is 46.9 Å². The highest BCUT2D eigenvalue weighted by Crippen LogP contribution is 2.33. The van der Waals surface area contributed by atoms with E-state index >= 15 is 0 Å². The van der Waals surface area contributed by atoms with Crippen molar-refractivity contribution in [3.8, 4) is 0 Å². The molecule has 1 saturated carbocycles. The maximum atomic E-state index is 13.6. The fourth-order valence-electron chi connectivity index (χ4n) is 4.09. The van der Waals surface area contributed by atoms with E-state index in [1.807, 2.05) is 24.3 Å². The molecular weight excluding hydrogens is 577 g/mol. The second-order valence-corrected chi connectivity index (χ2v) is 12.3. The molecule has 1 aliphatic carbocycles. The normalized spacial score (nSPS) is 15.0. The van der Waals surface area contributed by atoms with E-state index in [4.69, 9.17) is 23.2 Å². The molecule has 0 saturated heterocycles. The monoisotopic (exact) mass is 603 g/mol. The first-order valence-electron chi connectivity index (χ1n) is 11.2. The van der Waals surface area contributed by atoms with Gasteiger partial charge >= 0.3 is 0 Å². The fraction of sp³-hybridized carbons (Fsp3) is 0.417. The molecule has 0 unspecified atom stereocenters. The van der Waals surface area contributed by atoms with Crippen molar-refractivity contribution >= 4 is 66.7 Å². The Hall–Kier alpha value is -1.81. The van der Waals surface area contributed by atoms with E-state index < -0.39 is 28.5 Å². The Balaban J connectivity index is 1.91. The topological polar surface area (TPSA) is 86.8 Å². The number of nitrogens with zero attached hydrogens (tertiary/aromatic N) is 2. The molecule has 0 bridgehead atoms. The van der Waals surface area contributed by atoms with Crippen LogP contribution in [0.3, 0.4) is 0 Å². The summed E-state index contributed by atoms with van der Waals surface area (Å²) in [6, 6.07) is 11.2. The lowest BCUT2D eigenvalue weighted by Gasteiger charge is -2.32. The molecule has 2 aromatic rings. The number of sulfonamides is 1. The summed E-state index contributed by atoms with van der Waals surface area (Å²) in [5, 5.41) is 3.22. The van der Waals surface area contributed by atoms with E-state index in [1.165, 1.54) is 17.0 Å². The third-order valence-electron chi connectivity index (χ3n) is 5.99. The number of rotatable bonds is 9. The van der Waals surface area contributed by atoms with Gasteiger partial charge in [-0.15, -0.1) is 0 Å². The number of nitrogens with one attached hydrogen (secondary N) is 1. The molecule has 1 fully saturated rings. The van der Waals surface area contributed by atoms with Gasteiger partial charge in [0.05, 0.1) is 22.0 Å². The molecule has 0 aliphatic heterocycles. The van der Waals surface area contributed by atoms with Crippen molar-refractivity contribution in [2.45, 2.75) is 51.2 Å². The van der Waals surface area contributed by atoms with E-state index in [0.29, 0.717) is 0 Å². The Labute approximate surface area is 224 Å². The summed E-state index contributed by atoms with van der Waals surface area (Å²) < 4.78 is 27.1. The minimum absolute atomic E-state index is 0.0259. The SMILES string of the molecule is C[C@H](C(=O)NC1CCCC1)N(Cc1cccc(Br)c1)C(=O)CN(c1cccc(Cl)c1Cl)S(C)(=O)=O. The smallest absolute Gasteiger partial charge is 0.244 e. The zero-order chi connectivity index (χ0) is 25.8. The van der Waals surface area contributed by atoms with Gasteiger partial charge < -0.3 is 10.2 Å². The van der Waals surface area contributed by atoms with Crippen LogP contribution >= 0.6 is 39.1 Å². The number of amides is 2. The Morgan fingerprint density at radius 3 is 2.43 bits per heavy atom. The standard InChI is InChI=1S/C24H28BrCl2N3O4S/c1-16(24(32)28-19-9-3-4-10-19)29(14-17-7-5-8-18(25)13-17)22(31)15-30(35(2,33)34)21-12-6-11-20(26)23(21)27/h5-8,11-13,16,19H,3-4,9-10,14-15H2,1-2H3,(H,28,32)/t16-/m1/s1. The first-order valence-corrected chi connectivity index (χ1v) is 14.6. The molecule has 0 aromatic heterocycles. The fourth-order valence-corrected chi connectivity index (χ4v) is 5.84. The van der Waals surface area contributed by atoms with Crippen molar-refractivity contribution in [3.05, 3.63) is 62.5 Å². The molecular formula is C24H28BrCl2N3O4S. The number of hydrogen-bond acceptors (Lipinski definition) is 4. The van der Waals surface area contributed by atoms with Gasteiger partial charge in [0.2, 0.25) is 21.8 Å². The van der Waals surface area contributed by atoms with Crippen molar-refractivity contribution < 1.29 is 18.0 Å². The summed E-state index contributed by atoms with van der Waals surface area (Å²) in [5.74, 6) is -0.813. The largest absolute Gasteiger partial charge is 0.352 e. The van der Waals surface area contributed by atoms with Gasteiger partial charge in [-0.05, 0) is 49.6 Å². The highest BCUT2D eigenvalue weighted by atomic mass is 79.9. The van der Waals surface area contributed by atoms with Gasteiger partial charge in [-0.1, -0.05) is 70.2 Å². The van der Waals surface area contributed by atoms with E-state index in [0.717, 1.165) is 46.3 Å². The molecule has 0 spiro atoms. The van der Waals surface area contributed by atoms with Crippen LogP contribution in [0.4, 0.5) is 5.69 Å². The Morgan fingerprint density at radius 2 is 1.80 bits per heavy atom. The van der Waals surface area contributed by atoms with E-state index in [9.17, 15) is 18.0 Å². The van der Waals surface area contributed by atoms with E-state index in [-0.39, 0.29) is 34.2 Å². The van der Waals surface area contributed by atoms with Gasteiger partial charge in [0.15, 0.2) is 0 Å². The first kappa shape index (κ1) is 27.8. The van der Waals surface area contributed by atoms with E-state index in [1.54, 1.807) is 13.0 Å². The predicted molar refractivity (Wildman–Crippen MR) is 143 cm³/mol. The van der Waals surface area contributed by atoms with Gasteiger partial charge in [-0.25, -0.2) is 8.42 Å². The molecule has 0 heterocycles. The molecule has 11 heteroatoms. The van der Waals surface area contributed by atoms with Crippen molar-refractivity contribution in [2.24, 2.45) is 0 Å². The minimum atomic E-state index is -3.90. The number of halogens is 3. The van der Waals surface area contributed by atoms with Crippen molar-refractivity contribution in [2.75, 3.05) is 17.1 Å². The summed E-state index contributed by atoms with van der Waals surface area (Å²) in [7, 11) is -3.90. The molecule has 3 rings (SSSR count). The van der Waals surface area contributed by atoms with Gasteiger partial charge in [-0.3, -0.25) is 13.9 Å². The van der Waals surface area contributed by atoms with Crippen LogP contribution in [-0.4, -0.2) is 50.0 Å². The number of anilines is 1. The highest BCUT2D eigenvalue weighted by Gasteiger charge is 2.32. The van der Waals surface area contributed by atoms with Crippen molar-refractivity contribution in [1.29, 1.82) is 0 Å². The van der Waals surface area contributed by atoms with Gasteiger partial charge in [0.1, 0.15) is 12.6 Å². The van der Waals surface area contributed by atoms with Gasteiger partial charge in [0, 0.05) is 17.1 Å². The third-order valence-corrected chi connectivity index (χ3v) is 8.42. The molecule has 7 nitrogen and oxygen atoms in total. The van der Waals surface area contributed by atoms with Crippen LogP contribution in [0.2, 0.25) is 10.0 Å².